The van der Waals surface area contributed by atoms with Crippen LogP contribution in [-0.4, -0.2) is 70.5 Å². The Kier molecular flexibility index (Phi) is 8.04. The largest absolute Gasteiger partial charge is 0.462 e. The number of nitrogens with one attached hydrogen (secondary N) is 1. The minimum Gasteiger partial charge on any atom is -0.462 e. The molecule has 0 saturated carbocycles. The molecule has 1 amide bonds. The second-order valence-corrected chi connectivity index (χ2v) is 6.29. The van der Waals surface area contributed by atoms with Crippen molar-refractivity contribution in [2.75, 3.05) is 6.61 Å². The van der Waals surface area contributed by atoms with Gasteiger partial charge in [0, 0.05) is 6.42 Å². The molecule has 0 bridgehead atoms. The van der Waals surface area contributed by atoms with Crippen LogP contribution >= 0.6 is 0 Å². The van der Waals surface area contributed by atoms with E-state index < -0.39 is 42.7 Å². The Morgan fingerprint density at radius 1 is 1.25 bits per heavy atom. The summed E-state index contributed by atoms with van der Waals surface area (Å²) in [5.74, 6) is -1.16. The zero-order valence-electron chi connectivity index (χ0n) is 14.2. The number of esters is 1. The van der Waals surface area contributed by atoms with E-state index in [4.69, 9.17) is 15.2 Å². The van der Waals surface area contributed by atoms with Crippen LogP contribution in [0.3, 0.4) is 0 Å². The molecule has 9 heteroatoms. The van der Waals surface area contributed by atoms with Crippen LogP contribution < -0.4 is 11.1 Å². The summed E-state index contributed by atoms with van der Waals surface area (Å²) in [5.41, 5.74) is 5.65. The molecule has 24 heavy (non-hydrogen) atoms. The Balaban J connectivity index is 2.60. The first kappa shape index (κ1) is 20.8. The second kappa shape index (κ2) is 9.28. The average Bonchev–Trinajstić information content (AvgIpc) is 2.52. The maximum atomic E-state index is 11.7. The second-order valence-electron chi connectivity index (χ2n) is 6.29. The average molecular weight is 348 g/mol. The summed E-state index contributed by atoms with van der Waals surface area (Å²) in [6, 6.07) is -1.98. The lowest BCUT2D eigenvalue weighted by atomic mass is 9.97. The van der Waals surface area contributed by atoms with Gasteiger partial charge in [0.25, 0.3) is 0 Å². The molecular formula is C15H28N2O7. The highest BCUT2D eigenvalue weighted by molar-refractivity contribution is 5.76. The van der Waals surface area contributed by atoms with Crippen LogP contribution in [0, 0.1) is 5.92 Å². The quantitative estimate of drug-likeness (QED) is 0.339. The molecule has 1 heterocycles. The predicted molar refractivity (Wildman–Crippen MR) is 83.5 cm³/mol. The summed E-state index contributed by atoms with van der Waals surface area (Å²) in [6.07, 6.45) is -4.74. The van der Waals surface area contributed by atoms with Crippen molar-refractivity contribution >= 4 is 11.9 Å². The van der Waals surface area contributed by atoms with E-state index in [1.807, 2.05) is 6.92 Å². The van der Waals surface area contributed by atoms with Gasteiger partial charge in [0.05, 0.1) is 0 Å². The Bertz CT molecular complexity index is 432. The summed E-state index contributed by atoms with van der Waals surface area (Å²) in [4.78, 5) is 23.3. The number of carbonyl (C=O) groups excluding carboxylic acids is 2. The van der Waals surface area contributed by atoms with Gasteiger partial charge in [0.15, 0.2) is 6.29 Å². The van der Waals surface area contributed by atoms with Crippen molar-refractivity contribution in [1.29, 1.82) is 0 Å². The Labute approximate surface area is 141 Å². The van der Waals surface area contributed by atoms with E-state index in [2.05, 4.69) is 5.32 Å². The molecular weight excluding hydrogens is 320 g/mol. The van der Waals surface area contributed by atoms with E-state index in [1.165, 1.54) is 0 Å². The summed E-state index contributed by atoms with van der Waals surface area (Å²) in [6.45, 7) is 4.96. The van der Waals surface area contributed by atoms with Crippen molar-refractivity contribution in [2.45, 2.75) is 70.3 Å². The highest BCUT2D eigenvalue weighted by Gasteiger charge is 2.45. The molecule has 2 unspecified atom stereocenters. The first-order chi connectivity index (χ1) is 11.2. The lowest BCUT2D eigenvalue weighted by molar-refractivity contribution is -0.256. The number of amides is 1. The minimum atomic E-state index is -1.54. The third-order valence-corrected chi connectivity index (χ3v) is 3.91. The number of aliphatic hydroxyl groups excluding tert-OH is 3. The molecule has 1 rings (SSSR count). The molecule has 0 radical (unpaired) electrons. The van der Waals surface area contributed by atoms with E-state index in [-0.39, 0.29) is 24.9 Å². The van der Waals surface area contributed by atoms with Gasteiger partial charge >= 0.3 is 5.97 Å². The van der Waals surface area contributed by atoms with Crippen LogP contribution in [0.15, 0.2) is 0 Å². The maximum Gasteiger partial charge on any atom is 0.323 e. The van der Waals surface area contributed by atoms with E-state index in [0.717, 1.165) is 0 Å². The van der Waals surface area contributed by atoms with E-state index in [9.17, 15) is 24.9 Å². The predicted octanol–water partition coefficient (Wildman–Crippen LogP) is -1.76. The minimum absolute atomic E-state index is 0.121. The molecule has 6 N–H and O–H groups in total. The van der Waals surface area contributed by atoms with Gasteiger partial charge in [-0.15, -0.1) is 0 Å². The standard InChI is InChI=1S/C15H28N2O7/c1-4-5-9(18)17-11-13(20)12(19)8(24-15(11)22)6-23-14(21)10(16)7(2)3/h7-8,10-13,15,19-20,22H,4-6,16H2,1-3H3,(H,17,18)/t8-,10?,11-,12-,13-,15?/m1/s1. The fourth-order valence-electron chi connectivity index (χ4n) is 2.26. The van der Waals surface area contributed by atoms with Crippen molar-refractivity contribution in [2.24, 2.45) is 11.7 Å². The molecule has 1 aliphatic rings. The Morgan fingerprint density at radius 3 is 2.42 bits per heavy atom. The number of hydrogen-bond acceptors (Lipinski definition) is 8. The van der Waals surface area contributed by atoms with Gasteiger partial charge in [-0.05, 0) is 12.3 Å². The molecule has 1 aliphatic heterocycles. The molecule has 6 atom stereocenters. The molecule has 0 spiro atoms. The van der Waals surface area contributed by atoms with Gasteiger partial charge in [0.1, 0.15) is 37.0 Å². The third kappa shape index (κ3) is 5.38. The summed E-state index contributed by atoms with van der Waals surface area (Å²) in [7, 11) is 0. The highest BCUT2D eigenvalue weighted by Crippen LogP contribution is 2.21. The molecule has 140 valence electrons. The van der Waals surface area contributed by atoms with E-state index in [0.29, 0.717) is 6.42 Å². The van der Waals surface area contributed by atoms with Crippen molar-refractivity contribution in [1.82, 2.24) is 5.32 Å². The van der Waals surface area contributed by atoms with Crippen molar-refractivity contribution in [3.8, 4) is 0 Å². The number of rotatable bonds is 7. The lowest BCUT2D eigenvalue weighted by Gasteiger charge is -2.40. The normalized spacial score (nSPS) is 31.6. The number of ether oxygens (including phenoxy) is 2. The highest BCUT2D eigenvalue weighted by atomic mass is 16.6. The number of carbonyl (C=O) groups is 2. The van der Waals surface area contributed by atoms with Gasteiger partial charge < -0.3 is 35.8 Å². The van der Waals surface area contributed by atoms with Crippen LogP contribution in [0.4, 0.5) is 0 Å². The first-order valence-corrected chi connectivity index (χ1v) is 8.10. The zero-order chi connectivity index (χ0) is 18.4. The van der Waals surface area contributed by atoms with Gasteiger partial charge in [-0.2, -0.15) is 0 Å². The number of aliphatic hydroxyl groups is 3. The summed E-state index contributed by atoms with van der Waals surface area (Å²) in [5, 5.41) is 32.5. The van der Waals surface area contributed by atoms with Crippen molar-refractivity contribution in [3.05, 3.63) is 0 Å². The molecule has 1 fully saturated rings. The van der Waals surface area contributed by atoms with E-state index >= 15 is 0 Å². The Hall–Kier alpha value is -1.26. The Morgan fingerprint density at radius 2 is 1.88 bits per heavy atom. The zero-order valence-corrected chi connectivity index (χ0v) is 14.2. The van der Waals surface area contributed by atoms with Crippen LogP contribution in [0.1, 0.15) is 33.6 Å². The molecule has 1 saturated heterocycles. The van der Waals surface area contributed by atoms with Crippen LogP contribution in [0.25, 0.3) is 0 Å². The molecule has 0 aromatic carbocycles. The number of hydrogen-bond donors (Lipinski definition) is 5. The smallest absolute Gasteiger partial charge is 0.323 e. The van der Waals surface area contributed by atoms with Crippen molar-refractivity contribution in [3.63, 3.8) is 0 Å². The molecule has 0 aromatic rings. The van der Waals surface area contributed by atoms with Gasteiger partial charge in [0.2, 0.25) is 5.91 Å². The fraction of sp³-hybridized carbons (Fsp3) is 0.867. The third-order valence-electron chi connectivity index (χ3n) is 3.91. The first-order valence-electron chi connectivity index (χ1n) is 8.10. The van der Waals surface area contributed by atoms with Crippen LogP contribution in [0.5, 0.6) is 0 Å². The SMILES string of the molecule is CCCC(=O)N[C@H]1C(O)O[C@H](COC(=O)C(N)C(C)C)[C@@H](O)[C@@H]1O. The van der Waals surface area contributed by atoms with Crippen LogP contribution in [0.2, 0.25) is 0 Å². The fourth-order valence-corrected chi connectivity index (χ4v) is 2.26. The van der Waals surface area contributed by atoms with Gasteiger partial charge in [-0.3, -0.25) is 9.59 Å². The van der Waals surface area contributed by atoms with Crippen molar-refractivity contribution < 1.29 is 34.4 Å². The van der Waals surface area contributed by atoms with Crippen LogP contribution in [-0.2, 0) is 19.1 Å². The van der Waals surface area contributed by atoms with Gasteiger partial charge in [-0.25, -0.2) is 0 Å². The molecule has 9 nitrogen and oxygen atoms in total. The molecule has 0 aliphatic carbocycles. The summed E-state index contributed by atoms with van der Waals surface area (Å²) >= 11 is 0. The number of nitrogens with two attached hydrogens (primary N) is 1. The van der Waals surface area contributed by atoms with E-state index in [1.54, 1.807) is 13.8 Å². The monoisotopic (exact) mass is 348 g/mol. The van der Waals surface area contributed by atoms with Gasteiger partial charge in [-0.1, -0.05) is 20.8 Å². The summed E-state index contributed by atoms with van der Waals surface area (Å²) < 4.78 is 10.1. The maximum absolute atomic E-state index is 11.7. The topological polar surface area (TPSA) is 151 Å². The molecule has 0 aromatic heterocycles. The lowest BCUT2D eigenvalue weighted by Crippen LogP contribution is -2.64.